The monoisotopic (exact) mass is 330 g/mol. The molecule has 0 heterocycles. The Kier molecular flexibility index (Phi) is 15.3. The average molecular weight is 331 g/mol. The van der Waals surface area contributed by atoms with Crippen LogP contribution < -0.4 is 0 Å². The van der Waals surface area contributed by atoms with Gasteiger partial charge < -0.3 is 14.2 Å². The predicted octanol–water partition coefficient (Wildman–Crippen LogP) is 5.61. The van der Waals surface area contributed by atoms with Crippen LogP contribution in [0.15, 0.2) is 0 Å². The molecule has 0 saturated heterocycles. The third-order valence-electron chi connectivity index (χ3n) is 3.62. The van der Waals surface area contributed by atoms with E-state index in [4.69, 9.17) is 14.2 Å². The maximum Gasteiger partial charge on any atom is 0.0598 e. The van der Waals surface area contributed by atoms with Crippen molar-refractivity contribution >= 4 is 0 Å². The van der Waals surface area contributed by atoms with E-state index in [1.807, 2.05) is 0 Å². The highest BCUT2D eigenvalue weighted by Crippen LogP contribution is 2.08. The molecule has 0 atom stereocenters. The van der Waals surface area contributed by atoms with Crippen molar-refractivity contribution < 1.29 is 14.2 Å². The van der Waals surface area contributed by atoms with Gasteiger partial charge in [0, 0.05) is 33.0 Å². The topological polar surface area (TPSA) is 27.7 Å². The van der Waals surface area contributed by atoms with E-state index in [1.165, 1.54) is 25.7 Å². The molecule has 0 amide bonds. The third kappa shape index (κ3) is 21.9. The molecule has 0 spiro atoms. The number of hydrogen-bond donors (Lipinski definition) is 0. The molecule has 0 aromatic carbocycles. The maximum absolute atomic E-state index is 5.68. The van der Waals surface area contributed by atoms with Crippen LogP contribution >= 0.6 is 0 Å². The van der Waals surface area contributed by atoms with Gasteiger partial charge in [-0.15, -0.1) is 0 Å². The van der Waals surface area contributed by atoms with Gasteiger partial charge in [-0.1, -0.05) is 33.1 Å². The number of rotatable bonds is 16. The molecule has 140 valence electrons. The van der Waals surface area contributed by atoms with Gasteiger partial charge in [0.05, 0.1) is 5.60 Å². The van der Waals surface area contributed by atoms with E-state index in [1.54, 1.807) is 0 Å². The van der Waals surface area contributed by atoms with Crippen molar-refractivity contribution in [3.63, 3.8) is 0 Å². The van der Waals surface area contributed by atoms with Crippen molar-refractivity contribution in [2.24, 2.45) is 5.92 Å². The number of ether oxygens (including phenoxy) is 3. The lowest BCUT2D eigenvalue weighted by atomic mass is 10.1. The maximum atomic E-state index is 5.68. The van der Waals surface area contributed by atoms with Crippen molar-refractivity contribution in [2.75, 3.05) is 33.0 Å². The molecule has 0 aliphatic rings. The Morgan fingerprint density at radius 3 is 1.48 bits per heavy atom. The fourth-order valence-electron chi connectivity index (χ4n) is 2.23. The minimum Gasteiger partial charge on any atom is -0.381 e. The molecule has 0 aliphatic carbocycles. The zero-order chi connectivity index (χ0) is 17.4. The molecule has 3 nitrogen and oxygen atoms in total. The van der Waals surface area contributed by atoms with Gasteiger partial charge in [-0.3, -0.25) is 0 Å². The van der Waals surface area contributed by atoms with Gasteiger partial charge in [0.2, 0.25) is 0 Å². The van der Waals surface area contributed by atoms with Crippen LogP contribution in [0.5, 0.6) is 0 Å². The van der Waals surface area contributed by atoms with E-state index in [-0.39, 0.29) is 5.60 Å². The molecule has 0 aromatic rings. The van der Waals surface area contributed by atoms with E-state index < -0.39 is 0 Å². The lowest BCUT2D eigenvalue weighted by Crippen LogP contribution is -2.19. The molecule has 0 radical (unpaired) electrons. The molecular formula is C20H42O3. The molecule has 0 aromatic heterocycles. The zero-order valence-corrected chi connectivity index (χ0v) is 16.5. The van der Waals surface area contributed by atoms with Crippen LogP contribution in [-0.2, 0) is 14.2 Å². The quantitative estimate of drug-likeness (QED) is 0.344. The SMILES string of the molecule is CC(C)CCCCCOCCCCOCCCCOC(C)(C)C. The van der Waals surface area contributed by atoms with Gasteiger partial charge in [-0.2, -0.15) is 0 Å². The Morgan fingerprint density at radius 1 is 0.609 bits per heavy atom. The van der Waals surface area contributed by atoms with Crippen LogP contribution in [0.25, 0.3) is 0 Å². The summed E-state index contributed by atoms with van der Waals surface area (Å²) in [5, 5.41) is 0. The molecule has 0 unspecified atom stereocenters. The highest BCUT2D eigenvalue weighted by molar-refractivity contribution is 4.58. The first-order valence-electron chi connectivity index (χ1n) is 9.71. The van der Waals surface area contributed by atoms with Gasteiger partial charge in [0.1, 0.15) is 0 Å². The van der Waals surface area contributed by atoms with Gasteiger partial charge in [0.25, 0.3) is 0 Å². The second kappa shape index (κ2) is 15.4. The first kappa shape index (κ1) is 22.9. The summed E-state index contributed by atoms with van der Waals surface area (Å²) >= 11 is 0. The fourth-order valence-corrected chi connectivity index (χ4v) is 2.23. The van der Waals surface area contributed by atoms with Crippen LogP contribution in [0.2, 0.25) is 0 Å². The normalized spacial score (nSPS) is 12.3. The van der Waals surface area contributed by atoms with Gasteiger partial charge in [-0.05, 0) is 58.8 Å². The Morgan fingerprint density at radius 2 is 1.04 bits per heavy atom. The Bertz CT molecular complexity index is 234. The molecule has 23 heavy (non-hydrogen) atoms. The lowest BCUT2D eigenvalue weighted by molar-refractivity contribution is -0.00739. The molecule has 0 fully saturated rings. The summed E-state index contributed by atoms with van der Waals surface area (Å²) in [4.78, 5) is 0. The van der Waals surface area contributed by atoms with Gasteiger partial charge in [-0.25, -0.2) is 0 Å². The van der Waals surface area contributed by atoms with E-state index in [2.05, 4.69) is 34.6 Å². The van der Waals surface area contributed by atoms with Crippen molar-refractivity contribution in [3.8, 4) is 0 Å². The van der Waals surface area contributed by atoms with Crippen molar-refractivity contribution in [3.05, 3.63) is 0 Å². The van der Waals surface area contributed by atoms with Crippen LogP contribution in [0.1, 0.15) is 86.0 Å². The Hall–Kier alpha value is -0.120. The fraction of sp³-hybridized carbons (Fsp3) is 1.00. The summed E-state index contributed by atoms with van der Waals surface area (Å²) in [5.41, 5.74) is -0.0186. The molecule has 3 heteroatoms. The molecule has 0 saturated carbocycles. The highest BCUT2D eigenvalue weighted by atomic mass is 16.5. The first-order valence-corrected chi connectivity index (χ1v) is 9.71. The van der Waals surface area contributed by atoms with Crippen LogP contribution in [0.3, 0.4) is 0 Å². The van der Waals surface area contributed by atoms with Crippen LogP contribution in [0.4, 0.5) is 0 Å². The molecular weight excluding hydrogens is 288 g/mol. The third-order valence-corrected chi connectivity index (χ3v) is 3.62. The van der Waals surface area contributed by atoms with Gasteiger partial charge >= 0.3 is 0 Å². The second-order valence-electron chi connectivity index (χ2n) is 7.84. The van der Waals surface area contributed by atoms with Crippen molar-refractivity contribution in [2.45, 2.75) is 91.6 Å². The van der Waals surface area contributed by atoms with E-state index in [0.717, 1.165) is 64.6 Å². The zero-order valence-electron chi connectivity index (χ0n) is 16.5. The summed E-state index contributed by atoms with van der Waals surface area (Å²) in [6.07, 6.45) is 9.58. The molecule has 0 N–H and O–H groups in total. The predicted molar refractivity (Wildman–Crippen MR) is 99.1 cm³/mol. The smallest absolute Gasteiger partial charge is 0.0598 e. The summed E-state index contributed by atoms with van der Waals surface area (Å²) < 4.78 is 17.0. The number of unbranched alkanes of at least 4 members (excludes halogenated alkanes) is 4. The summed E-state index contributed by atoms with van der Waals surface area (Å²) in [6.45, 7) is 15.2. The highest BCUT2D eigenvalue weighted by Gasteiger charge is 2.08. The lowest BCUT2D eigenvalue weighted by Gasteiger charge is -2.19. The molecule has 0 bridgehead atoms. The van der Waals surface area contributed by atoms with Gasteiger partial charge in [0.15, 0.2) is 0 Å². The summed E-state index contributed by atoms with van der Waals surface area (Å²) in [6, 6.07) is 0. The minimum atomic E-state index is -0.0186. The molecule has 0 rings (SSSR count). The first-order chi connectivity index (χ1) is 10.9. The Balaban J connectivity index is 3.03. The van der Waals surface area contributed by atoms with Crippen molar-refractivity contribution in [1.82, 2.24) is 0 Å². The van der Waals surface area contributed by atoms with E-state index >= 15 is 0 Å². The van der Waals surface area contributed by atoms with Crippen molar-refractivity contribution in [1.29, 1.82) is 0 Å². The largest absolute Gasteiger partial charge is 0.381 e. The van der Waals surface area contributed by atoms with E-state index in [0.29, 0.717) is 0 Å². The van der Waals surface area contributed by atoms with Crippen LogP contribution in [-0.4, -0.2) is 38.6 Å². The summed E-state index contributed by atoms with van der Waals surface area (Å²) in [5.74, 6) is 0.835. The Labute approximate surface area is 145 Å². The minimum absolute atomic E-state index is 0.0186. The average Bonchev–Trinajstić information content (AvgIpc) is 2.45. The van der Waals surface area contributed by atoms with E-state index in [9.17, 15) is 0 Å². The van der Waals surface area contributed by atoms with Crippen LogP contribution in [0, 0.1) is 5.92 Å². The summed E-state index contributed by atoms with van der Waals surface area (Å²) in [7, 11) is 0. The number of hydrogen-bond acceptors (Lipinski definition) is 3. The molecule has 0 aliphatic heterocycles. The standard InChI is InChI=1S/C20H42O3/c1-19(2)13-7-6-8-14-21-15-9-10-16-22-17-11-12-18-23-20(3,4)5/h19H,6-18H2,1-5H3. The second-order valence-corrected chi connectivity index (χ2v) is 7.84.